The summed E-state index contributed by atoms with van der Waals surface area (Å²) in [5.41, 5.74) is 2.02. The monoisotopic (exact) mass is 429 g/mol. The van der Waals surface area contributed by atoms with Crippen LogP contribution in [0.25, 0.3) is 0 Å². The highest BCUT2D eigenvalue weighted by atomic mass is 16.5. The minimum absolute atomic E-state index is 0.0787. The summed E-state index contributed by atoms with van der Waals surface area (Å²) in [6.45, 7) is 1.34. The SMILES string of the molecule is COc1cccc(C(=O)COC(=O)c2ccc3c(c2)C(=O)N(c2ccccc2C)C3=O)c1. The normalized spacial score (nSPS) is 12.5. The molecule has 2 amide bonds. The van der Waals surface area contributed by atoms with Crippen molar-refractivity contribution in [2.45, 2.75) is 6.92 Å². The number of esters is 1. The third kappa shape index (κ3) is 3.76. The van der Waals surface area contributed by atoms with Gasteiger partial charge >= 0.3 is 5.97 Å². The number of carbonyl (C=O) groups is 4. The Balaban J connectivity index is 1.51. The molecule has 7 nitrogen and oxygen atoms in total. The first-order chi connectivity index (χ1) is 15.4. The van der Waals surface area contributed by atoms with Gasteiger partial charge in [0.05, 0.1) is 29.5 Å². The van der Waals surface area contributed by atoms with Gasteiger partial charge in [0.1, 0.15) is 5.75 Å². The van der Waals surface area contributed by atoms with Gasteiger partial charge in [0.2, 0.25) is 0 Å². The number of nitrogens with zero attached hydrogens (tertiary/aromatic N) is 1. The number of fused-ring (bicyclic) bond motifs is 1. The molecule has 0 saturated heterocycles. The topological polar surface area (TPSA) is 90.0 Å². The molecule has 4 rings (SSSR count). The summed E-state index contributed by atoms with van der Waals surface area (Å²) in [7, 11) is 1.49. The van der Waals surface area contributed by atoms with Gasteiger partial charge in [0.15, 0.2) is 12.4 Å². The smallest absolute Gasteiger partial charge is 0.338 e. The van der Waals surface area contributed by atoms with Gasteiger partial charge in [-0.3, -0.25) is 14.4 Å². The Morgan fingerprint density at radius 1 is 0.844 bits per heavy atom. The van der Waals surface area contributed by atoms with E-state index in [9.17, 15) is 19.2 Å². The lowest BCUT2D eigenvalue weighted by Gasteiger charge is -2.16. The highest BCUT2D eigenvalue weighted by Crippen LogP contribution is 2.31. The van der Waals surface area contributed by atoms with Crippen LogP contribution >= 0.6 is 0 Å². The third-order valence-corrected chi connectivity index (χ3v) is 5.20. The molecule has 0 spiro atoms. The number of hydrogen-bond acceptors (Lipinski definition) is 6. The summed E-state index contributed by atoms with van der Waals surface area (Å²) in [5, 5.41) is 0. The predicted molar refractivity (Wildman–Crippen MR) is 116 cm³/mol. The zero-order chi connectivity index (χ0) is 22.8. The van der Waals surface area contributed by atoms with Gasteiger partial charge in [0, 0.05) is 5.56 Å². The van der Waals surface area contributed by atoms with Crippen molar-refractivity contribution in [1.29, 1.82) is 0 Å². The molecule has 32 heavy (non-hydrogen) atoms. The van der Waals surface area contributed by atoms with Crippen LogP contribution in [0.1, 0.15) is 47.0 Å². The number of anilines is 1. The van der Waals surface area contributed by atoms with Gasteiger partial charge in [-0.05, 0) is 48.9 Å². The number of ketones is 1. The van der Waals surface area contributed by atoms with Crippen LogP contribution in [0.15, 0.2) is 66.7 Å². The first-order valence-corrected chi connectivity index (χ1v) is 9.83. The number of benzene rings is 3. The summed E-state index contributed by atoms with van der Waals surface area (Å²) >= 11 is 0. The molecule has 1 aliphatic rings. The van der Waals surface area contributed by atoms with Crippen molar-refractivity contribution in [3.63, 3.8) is 0 Å². The quantitative estimate of drug-likeness (QED) is 0.336. The molecular formula is C25H19NO6. The number of imide groups is 1. The number of para-hydroxylation sites is 1. The fourth-order valence-corrected chi connectivity index (χ4v) is 3.50. The Hall–Kier alpha value is -4.26. The van der Waals surface area contributed by atoms with E-state index >= 15 is 0 Å². The van der Waals surface area contributed by atoms with Crippen molar-refractivity contribution in [3.8, 4) is 5.75 Å². The largest absolute Gasteiger partial charge is 0.497 e. The fourth-order valence-electron chi connectivity index (χ4n) is 3.50. The van der Waals surface area contributed by atoms with Gasteiger partial charge in [-0.25, -0.2) is 9.69 Å². The molecular weight excluding hydrogens is 410 g/mol. The lowest BCUT2D eigenvalue weighted by atomic mass is 10.1. The predicted octanol–water partition coefficient (Wildman–Crippen LogP) is 3.84. The van der Waals surface area contributed by atoms with Crippen molar-refractivity contribution >= 4 is 29.3 Å². The summed E-state index contributed by atoms with van der Waals surface area (Å²) in [4.78, 5) is 51.6. The average molecular weight is 429 g/mol. The molecule has 7 heteroatoms. The number of amides is 2. The van der Waals surface area contributed by atoms with Crippen LogP contribution < -0.4 is 9.64 Å². The maximum atomic E-state index is 12.9. The molecule has 0 saturated carbocycles. The van der Waals surface area contributed by atoms with E-state index in [2.05, 4.69) is 0 Å². The molecule has 0 bridgehead atoms. The second-order valence-corrected chi connectivity index (χ2v) is 7.22. The maximum Gasteiger partial charge on any atom is 0.338 e. The Bertz CT molecular complexity index is 1260. The molecule has 0 aromatic heterocycles. The number of methoxy groups -OCH3 is 1. The number of carbonyl (C=O) groups excluding carboxylic acids is 4. The van der Waals surface area contributed by atoms with Gasteiger partial charge in [-0.15, -0.1) is 0 Å². The Labute approximate surface area is 184 Å². The van der Waals surface area contributed by atoms with Crippen LogP contribution in [0.3, 0.4) is 0 Å². The average Bonchev–Trinajstić information content (AvgIpc) is 3.07. The van der Waals surface area contributed by atoms with Crippen LogP contribution in [0.2, 0.25) is 0 Å². The molecule has 0 fully saturated rings. The number of Topliss-reactive ketones (excluding diaryl/α,β-unsaturated/α-hetero) is 1. The number of aryl methyl sites for hydroxylation is 1. The van der Waals surface area contributed by atoms with Crippen LogP contribution in [0, 0.1) is 6.92 Å². The van der Waals surface area contributed by atoms with E-state index in [1.165, 1.54) is 25.3 Å². The highest BCUT2D eigenvalue weighted by Gasteiger charge is 2.37. The number of ether oxygens (including phenoxy) is 2. The lowest BCUT2D eigenvalue weighted by Crippen LogP contribution is -2.29. The second-order valence-electron chi connectivity index (χ2n) is 7.22. The summed E-state index contributed by atoms with van der Waals surface area (Å²) in [6.07, 6.45) is 0. The lowest BCUT2D eigenvalue weighted by molar-refractivity contribution is 0.0474. The van der Waals surface area contributed by atoms with Gasteiger partial charge < -0.3 is 9.47 Å². The van der Waals surface area contributed by atoms with Crippen LogP contribution in [0.5, 0.6) is 5.75 Å². The summed E-state index contributed by atoms with van der Waals surface area (Å²) in [6, 6.07) is 17.7. The van der Waals surface area contributed by atoms with Crippen molar-refractivity contribution in [2.75, 3.05) is 18.6 Å². The van der Waals surface area contributed by atoms with E-state index in [1.807, 2.05) is 6.07 Å². The molecule has 0 aliphatic carbocycles. The Morgan fingerprint density at radius 2 is 1.59 bits per heavy atom. The van der Waals surface area contributed by atoms with Gasteiger partial charge in [-0.1, -0.05) is 30.3 Å². The van der Waals surface area contributed by atoms with Crippen molar-refractivity contribution in [2.24, 2.45) is 0 Å². The van der Waals surface area contributed by atoms with E-state index in [0.29, 0.717) is 17.0 Å². The minimum atomic E-state index is -0.765. The maximum absolute atomic E-state index is 12.9. The zero-order valence-electron chi connectivity index (χ0n) is 17.5. The Morgan fingerprint density at radius 3 is 2.34 bits per heavy atom. The van der Waals surface area contributed by atoms with Crippen LogP contribution in [0.4, 0.5) is 5.69 Å². The minimum Gasteiger partial charge on any atom is -0.497 e. The van der Waals surface area contributed by atoms with Crippen LogP contribution in [-0.2, 0) is 4.74 Å². The van der Waals surface area contributed by atoms with Crippen molar-refractivity contribution in [3.05, 3.63) is 94.5 Å². The van der Waals surface area contributed by atoms with Crippen LogP contribution in [-0.4, -0.2) is 37.3 Å². The van der Waals surface area contributed by atoms with Crippen molar-refractivity contribution < 1.29 is 28.7 Å². The molecule has 3 aromatic rings. The second kappa shape index (κ2) is 8.47. The first-order valence-electron chi connectivity index (χ1n) is 9.83. The molecule has 0 atom stereocenters. The number of rotatable bonds is 6. The molecule has 0 radical (unpaired) electrons. The van der Waals surface area contributed by atoms with Crippen molar-refractivity contribution in [1.82, 2.24) is 0 Å². The molecule has 160 valence electrons. The zero-order valence-corrected chi connectivity index (χ0v) is 17.5. The molecule has 0 unspecified atom stereocenters. The standard InChI is InChI=1S/C25H19NO6/c1-15-6-3-4-9-21(15)26-23(28)19-11-10-17(13-20(19)24(26)29)25(30)32-14-22(27)16-7-5-8-18(12-16)31-2/h3-13H,14H2,1-2H3. The van der Waals surface area contributed by atoms with E-state index in [1.54, 1.807) is 49.4 Å². The summed E-state index contributed by atoms with van der Waals surface area (Å²) < 4.78 is 10.2. The van der Waals surface area contributed by atoms with Gasteiger partial charge in [0.25, 0.3) is 11.8 Å². The number of hydrogen-bond donors (Lipinski definition) is 0. The third-order valence-electron chi connectivity index (χ3n) is 5.20. The molecule has 1 aliphatic heterocycles. The fraction of sp³-hybridized carbons (Fsp3) is 0.120. The highest BCUT2D eigenvalue weighted by molar-refractivity contribution is 6.35. The molecule has 1 heterocycles. The summed E-state index contributed by atoms with van der Waals surface area (Å²) in [5.74, 6) is -1.61. The van der Waals surface area contributed by atoms with Gasteiger partial charge in [-0.2, -0.15) is 0 Å². The molecule has 0 N–H and O–H groups in total. The first kappa shape index (κ1) is 21.0. The Kier molecular flexibility index (Phi) is 5.55. The molecule has 3 aromatic carbocycles. The van der Waals surface area contributed by atoms with E-state index < -0.39 is 30.2 Å². The van der Waals surface area contributed by atoms with E-state index in [0.717, 1.165) is 10.5 Å². The van der Waals surface area contributed by atoms with E-state index in [-0.39, 0.29) is 16.7 Å². The van der Waals surface area contributed by atoms with E-state index in [4.69, 9.17) is 9.47 Å².